The third-order valence-electron chi connectivity index (χ3n) is 2.88. The minimum Gasteiger partial charge on any atom is -0.493 e. The zero-order chi connectivity index (χ0) is 14.4. The average molecular weight is 292 g/mol. The van der Waals surface area contributed by atoms with E-state index in [1.165, 1.54) is 0 Å². The summed E-state index contributed by atoms with van der Waals surface area (Å²) in [6.07, 6.45) is 0. The highest BCUT2D eigenvalue weighted by molar-refractivity contribution is 6.30. The number of methoxy groups -OCH3 is 1. The molecule has 0 fully saturated rings. The Hall–Kier alpha value is -1.71. The first kappa shape index (κ1) is 14.7. The van der Waals surface area contributed by atoms with Crippen LogP contribution in [0.4, 0.5) is 0 Å². The van der Waals surface area contributed by atoms with Crippen LogP contribution in [-0.2, 0) is 6.54 Å². The monoisotopic (exact) mass is 291 g/mol. The van der Waals surface area contributed by atoms with Gasteiger partial charge in [-0.1, -0.05) is 30.7 Å². The van der Waals surface area contributed by atoms with E-state index in [1.807, 2.05) is 42.5 Å². The maximum absolute atomic E-state index is 6.05. The topological polar surface area (TPSA) is 30.5 Å². The van der Waals surface area contributed by atoms with Gasteiger partial charge in [-0.15, -0.1) is 0 Å². The first-order valence-corrected chi connectivity index (χ1v) is 6.92. The summed E-state index contributed by atoms with van der Waals surface area (Å²) >= 11 is 6.05. The molecule has 0 heterocycles. The van der Waals surface area contributed by atoms with Crippen LogP contribution in [0.2, 0.25) is 5.02 Å². The molecule has 0 aliphatic rings. The van der Waals surface area contributed by atoms with Crippen LogP contribution in [0.3, 0.4) is 0 Å². The van der Waals surface area contributed by atoms with Gasteiger partial charge in [0.05, 0.1) is 7.11 Å². The third-order valence-corrected chi connectivity index (χ3v) is 3.11. The maximum atomic E-state index is 6.05. The van der Waals surface area contributed by atoms with Gasteiger partial charge in [-0.05, 0) is 36.9 Å². The molecule has 20 heavy (non-hydrogen) atoms. The highest BCUT2D eigenvalue weighted by Crippen LogP contribution is 2.33. The van der Waals surface area contributed by atoms with Crippen LogP contribution in [0.1, 0.15) is 12.5 Å². The van der Waals surface area contributed by atoms with E-state index >= 15 is 0 Å². The molecule has 106 valence electrons. The van der Waals surface area contributed by atoms with Gasteiger partial charge in [0, 0.05) is 17.1 Å². The quantitative estimate of drug-likeness (QED) is 0.863. The molecular weight excluding hydrogens is 274 g/mol. The van der Waals surface area contributed by atoms with Gasteiger partial charge in [-0.25, -0.2) is 0 Å². The van der Waals surface area contributed by atoms with Crippen molar-refractivity contribution >= 4 is 11.6 Å². The first-order valence-electron chi connectivity index (χ1n) is 6.54. The molecule has 0 amide bonds. The summed E-state index contributed by atoms with van der Waals surface area (Å²) < 4.78 is 11.3. The predicted octanol–water partition coefficient (Wildman–Crippen LogP) is 4.25. The number of halogens is 1. The van der Waals surface area contributed by atoms with E-state index in [0.29, 0.717) is 23.1 Å². The van der Waals surface area contributed by atoms with Crippen molar-refractivity contribution in [1.82, 2.24) is 5.32 Å². The highest BCUT2D eigenvalue weighted by atomic mass is 35.5. The van der Waals surface area contributed by atoms with Crippen molar-refractivity contribution in [1.29, 1.82) is 0 Å². The Morgan fingerprint density at radius 2 is 1.80 bits per heavy atom. The first-order chi connectivity index (χ1) is 9.74. The van der Waals surface area contributed by atoms with Gasteiger partial charge in [0.2, 0.25) is 0 Å². The SMILES string of the molecule is CCNCc1cc(Cl)ccc1Oc1ccccc1OC. The minimum atomic E-state index is 0.690. The van der Waals surface area contributed by atoms with Gasteiger partial charge in [0.15, 0.2) is 11.5 Å². The molecule has 2 rings (SSSR count). The molecule has 4 heteroatoms. The molecule has 1 N–H and O–H groups in total. The van der Waals surface area contributed by atoms with Crippen LogP contribution in [0.15, 0.2) is 42.5 Å². The van der Waals surface area contributed by atoms with E-state index in [0.717, 1.165) is 17.9 Å². The second-order valence-electron chi connectivity index (χ2n) is 4.29. The molecule has 0 atom stereocenters. The van der Waals surface area contributed by atoms with Crippen molar-refractivity contribution in [2.45, 2.75) is 13.5 Å². The fourth-order valence-corrected chi connectivity index (χ4v) is 2.06. The summed E-state index contributed by atoms with van der Waals surface area (Å²) in [5, 5.41) is 3.98. The largest absolute Gasteiger partial charge is 0.493 e. The minimum absolute atomic E-state index is 0.690. The molecule has 0 radical (unpaired) electrons. The van der Waals surface area contributed by atoms with E-state index < -0.39 is 0 Å². The summed E-state index contributed by atoms with van der Waals surface area (Å²) in [5.74, 6) is 2.17. The van der Waals surface area contributed by atoms with Gasteiger partial charge >= 0.3 is 0 Å². The van der Waals surface area contributed by atoms with E-state index in [1.54, 1.807) is 7.11 Å². The molecule has 0 aliphatic heterocycles. The van der Waals surface area contributed by atoms with Crippen LogP contribution in [0, 0.1) is 0 Å². The lowest BCUT2D eigenvalue weighted by atomic mass is 10.2. The van der Waals surface area contributed by atoms with Gasteiger partial charge in [0.25, 0.3) is 0 Å². The average Bonchev–Trinajstić information content (AvgIpc) is 2.48. The molecule has 0 spiro atoms. The Balaban J connectivity index is 2.28. The van der Waals surface area contributed by atoms with Gasteiger partial charge in [0.1, 0.15) is 5.75 Å². The molecule has 0 saturated heterocycles. The zero-order valence-corrected chi connectivity index (χ0v) is 12.4. The second-order valence-corrected chi connectivity index (χ2v) is 4.72. The molecule has 0 saturated carbocycles. The number of hydrogen-bond donors (Lipinski definition) is 1. The lowest BCUT2D eigenvalue weighted by Gasteiger charge is -2.14. The number of nitrogens with one attached hydrogen (secondary N) is 1. The Labute approximate surface area is 124 Å². The number of ether oxygens (including phenoxy) is 2. The number of rotatable bonds is 6. The predicted molar refractivity (Wildman–Crippen MR) is 81.9 cm³/mol. The smallest absolute Gasteiger partial charge is 0.169 e. The molecule has 0 aromatic heterocycles. The van der Waals surface area contributed by atoms with E-state index in [9.17, 15) is 0 Å². The van der Waals surface area contributed by atoms with Crippen LogP contribution < -0.4 is 14.8 Å². The van der Waals surface area contributed by atoms with E-state index in [-0.39, 0.29) is 0 Å². The van der Waals surface area contributed by atoms with Crippen LogP contribution in [-0.4, -0.2) is 13.7 Å². The summed E-state index contributed by atoms with van der Waals surface area (Å²) in [4.78, 5) is 0. The van der Waals surface area contributed by atoms with E-state index in [4.69, 9.17) is 21.1 Å². The Kier molecular flexibility index (Phi) is 5.27. The lowest BCUT2D eigenvalue weighted by Crippen LogP contribution is -2.12. The standard InChI is InChI=1S/C16H18ClNO2/c1-3-18-11-12-10-13(17)8-9-14(12)20-16-7-5-4-6-15(16)19-2/h4-10,18H,3,11H2,1-2H3. The fraction of sp³-hybridized carbons (Fsp3) is 0.250. The van der Waals surface area contributed by atoms with Crippen LogP contribution in [0.5, 0.6) is 17.2 Å². The Bertz CT molecular complexity index is 572. The molecule has 3 nitrogen and oxygen atoms in total. The number of benzene rings is 2. The van der Waals surface area contributed by atoms with E-state index in [2.05, 4.69) is 12.2 Å². The summed E-state index contributed by atoms with van der Waals surface area (Å²) in [7, 11) is 1.63. The number of para-hydroxylation sites is 2. The second kappa shape index (κ2) is 7.17. The van der Waals surface area contributed by atoms with Gasteiger partial charge in [-0.2, -0.15) is 0 Å². The van der Waals surface area contributed by atoms with Crippen molar-refractivity contribution in [3.8, 4) is 17.2 Å². The normalized spacial score (nSPS) is 10.3. The fourth-order valence-electron chi connectivity index (χ4n) is 1.87. The summed E-state index contributed by atoms with van der Waals surface area (Å²) in [6.45, 7) is 3.66. The highest BCUT2D eigenvalue weighted by Gasteiger charge is 2.09. The molecule has 0 unspecified atom stereocenters. The Morgan fingerprint density at radius 1 is 1.05 bits per heavy atom. The van der Waals surface area contributed by atoms with Crippen molar-refractivity contribution in [3.05, 3.63) is 53.1 Å². The van der Waals surface area contributed by atoms with Crippen LogP contribution >= 0.6 is 11.6 Å². The number of hydrogen-bond acceptors (Lipinski definition) is 3. The lowest BCUT2D eigenvalue weighted by molar-refractivity contribution is 0.377. The summed E-state index contributed by atoms with van der Waals surface area (Å²) in [6, 6.07) is 13.2. The Morgan fingerprint density at radius 3 is 2.50 bits per heavy atom. The van der Waals surface area contributed by atoms with Crippen LogP contribution in [0.25, 0.3) is 0 Å². The zero-order valence-electron chi connectivity index (χ0n) is 11.7. The third kappa shape index (κ3) is 3.65. The summed E-state index contributed by atoms with van der Waals surface area (Å²) in [5.41, 5.74) is 1.02. The van der Waals surface area contributed by atoms with Crippen molar-refractivity contribution in [2.75, 3.05) is 13.7 Å². The molecule has 0 bridgehead atoms. The van der Waals surface area contributed by atoms with Crippen molar-refractivity contribution in [3.63, 3.8) is 0 Å². The molecule has 2 aromatic carbocycles. The van der Waals surface area contributed by atoms with Crippen molar-refractivity contribution < 1.29 is 9.47 Å². The molecular formula is C16H18ClNO2. The van der Waals surface area contributed by atoms with Gasteiger partial charge < -0.3 is 14.8 Å². The van der Waals surface area contributed by atoms with Gasteiger partial charge in [-0.3, -0.25) is 0 Å². The van der Waals surface area contributed by atoms with Crippen molar-refractivity contribution in [2.24, 2.45) is 0 Å². The molecule has 2 aromatic rings. The molecule has 0 aliphatic carbocycles. The maximum Gasteiger partial charge on any atom is 0.169 e.